The molecule has 0 saturated heterocycles. The summed E-state index contributed by atoms with van der Waals surface area (Å²) in [5.74, 6) is 0.0481. The molecule has 1 atom stereocenters. The van der Waals surface area contributed by atoms with Gasteiger partial charge < -0.3 is 10.6 Å². The largest absolute Gasteiger partial charge is 0.379 e. The number of benzene rings is 1. The minimum absolute atomic E-state index is 0.0481. The van der Waals surface area contributed by atoms with E-state index in [1.54, 1.807) is 0 Å². The molecule has 0 aromatic heterocycles. The molecule has 3 nitrogen and oxygen atoms in total. The first-order valence-electron chi connectivity index (χ1n) is 5.55. The third-order valence-electron chi connectivity index (χ3n) is 2.71. The summed E-state index contributed by atoms with van der Waals surface area (Å²) in [6.45, 7) is 2.11. The fraction of sp³-hybridized carbons (Fsp3) is 0.417. The van der Waals surface area contributed by atoms with Gasteiger partial charge in [-0.3, -0.25) is 4.79 Å². The molecule has 4 heteroatoms. The molecule has 2 rings (SSSR count). The smallest absolute Gasteiger partial charge is 0.226 e. The predicted octanol–water partition coefficient (Wildman–Crippen LogP) is 3.26. The Bertz CT molecular complexity index is 406. The minimum Gasteiger partial charge on any atom is -0.379 e. The molecular formula is C12H15ClN2O. The predicted molar refractivity (Wildman–Crippen MR) is 67.0 cm³/mol. The molecule has 0 saturated carbocycles. The molecule has 16 heavy (non-hydrogen) atoms. The van der Waals surface area contributed by atoms with E-state index in [0.29, 0.717) is 11.4 Å². The first-order valence-corrected chi connectivity index (χ1v) is 5.93. The zero-order chi connectivity index (χ0) is 11.5. The van der Waals surface area contributed by atoms with Gasteiger partial charge in [-0.15, -0.1) is 0 Å². The molecular weight excluding hydrogens is 224 g/mol. The van der Waals surface area contributed by atoms with Crippen LogP contribution in [-0.2, 0) is 4.79 Å². The standard InChI is InChI=1S/C12H15ClN2O/c1-2-4-8-7-11(16)15-10-6-3-5-9(13)12(10)14-8/h3,5-6,8,14H,2,4,7H2,1H3,(H,15,16). The van der Waals surface area contributed by atoms with Crippen molar-refractivity contribution in [2.45, 2.75) is 32.2 Å². The summed E-state index contributed by atoms with van der Waals surface area (Å²) in [5, 5.41) is 6.86. The van der Waals surface area contributed by atoms with Gasteiger partial charge >= 0.3 is 0 Å². The summed E-state index contributed by atoms with van der Waals surface area (Å²) < 4.78 is 0. The van der Waals surface area contributed by atoms with Crippen LogP contribution in [0.3, 0.4) is 0 Å². The lowest BCUT2D eigenvalue weighted by Gasteiger charge is -2.16. The van der Waals surface area contributed by atoms with Crippen LogP contribution >= 0.6 is 11.6 Å². The zero-order valence-corrected chi connectivity index (χ0v) is 9.97. The number of hydrogen-bond acceptors (Lipinski definition) is 2. The van der Waals surface area contributed by atoms with Gasteiger partial charge in [-0.1, -0.05) is 31.0 Å². The van der Waals surface area contributed by atoms with Crippen LogP contribution in [0.1, 0.15) is 26.2 Å². The first kappa shape index (κ1) is 11.3. The van der Waals surface area contributed by atoms with Gasteiger partial charge in [-0.2, -0.15) is 0 Å². The summed E-state index contributed by atoms with van der Waals surface area (Å²) >= 11 is 6.11. The normalized spacial score (nSPS) is 19.4. The Morgan fingerprint density at radius 3 is 3.06 bits per heavy atom. The maximum absolute atomic E-state index is 11.6. The van der Waals surface area contributed by atoms with Gasteiger partial charge in [0.05, 0.1) is 16.4 Å². The van der Waals surface area contributed by atoms with Crippen molar-refractivity contribution in [1.82, 2.24) is 0 Å². The van der Waals surface area contributed by atoms with Gasteiger partial charge in [-0.05, 0) is 18.6 Å². The zero-order valence-electron chi connectivity index (χ0n) is 9.22. The van der Waals surface area contributed by atoms with E-state index in [-0.39, 0.29) is 11.9 Å². The van der Waals surface area contributed by atoms with Gasteiger partial charge in [0.15, 0.2) is 0 Å². The van der Waals surface area contributed by atoms with Crippen LogP contribution < -0.4 is 10.6 Å². The molecule has 0 aliphatic carbocycles. The van der Waals surface area contributed by atoms with Gasteiger partial charge in [0.25, 0.3) is 0 Å². The Balaban J connectivity index is 2.32. The molecule has 1 aromatic carbocycles. The van der Waals surface area contributed by atoms with Crippen molar-refractivity contribution in [2.75, 3.05) is 10.6 Å². The van der Waals surface area contributed by atoms with E-state index in [1.807, 2.05) is 18.2 Å². The molecule has 1 amide bonds. The molecule has 1 unspecified atom stereocenters. The van der Waals surface area contributed by atoms with Crippen LogP contribution in [0.4, 0.5) is 11.4 Å². The van der Waals surface area contributed by atoms with Gasteiger partial charge in [0.2, 0.25) is 5.91 Å². The monoisotopic (exact) mass is 238 g/mol. The van der Waals surface area contributed by atoms with E-state index in [0.717, 1.165) is 24.2 Å². The van der Waals surface area contributed by atoms with Gasteiger partial charge in [-0.25, -0.2) is 0 Å². The molecule has 86 valence electrons. The number of anilines is 2. The highest BCUT2D eigenvalue weighted by atomic mass is 35.5. The topological polar surface area (TPSA) is 41.1 Å². The van der Waals surface area contributed by atoms with Crippen LogP contribution in [0.25, 0.3) is 0 Å². The van der Waals surface area contributed by atoms with Crippen molar-refractivity contribution in [3.8, 4) is 0 Å². The van der Waals surface area contributed by atoms with Crippen LogP contribution in [-0.4, -0.2) is 11.9 Å². The average Bonchev–Trinajstić information content (AvgIpc) is 2.38. The first-order chi connectivity index (χ1) is 7.70. The van der Waals surface area contributed by atoms with E-state index < -0.39 is 0 Å². The summed E-state index contributed by atoms with van der Waals surface area (Å²) in [4.78, 5) is 11.6. The average molecular weight is 239 g/mol. The summed E-state index contributed by atoms with van der Waals surface area (Å²) in [6.07, 6.45) is 2.52. The fourth-order valence-corrected chi connectivity index (χ4v) is 2.21. The van der Waals surface area contributed by atoms with Crippen molar-refractivity contribution in [1.29, 1.82) is 0 Å². The number of amides is 1. The number of hydrogen-bond donors (Lipinski definition) is 2. The SMILES string of the molecule is CCCC1CC(=O)Nc2cccc(Cl)c2N1. The molecule has 0 bridgehead atoms. The number of rotatable bonds is 2. The van der Waals surface area contributed by atoms with Crippen LogP contribution in [0.5, 0.6) is 0 Å². The second-order valence-corrected chi connectivity index (χ2v) is 4.45. The Kier molecular flexibility index (Phi) is 3.34. The number of para-hydroxylation sites is 1. The highest BCUT2D eigenvalue weighted by Crippen LogP contribution is 2.33. The Morgan fingerprint density at radius 2 is 2.31 bits per heavy atom. The summed E-state index contributed by atoms with van der Waals surface area (Å²) in [7, 11) is 0. The third-order valence-corrected chi connectivity index (χ3v) is 3.02. The summed E-state index contributed by atoms with van der Waals surface area (Å²) in [6, 6.07) is 5.70. The maximum Gasteiger partial charge on any atom is 0.226 e. The van der Waals surface area contributed by atoms with E-state index >= 15 is 0 Å². The molecule has 0 spiro atoms. The molecule has 1 aliphatic heterocycles. The molecule has 0 radical (unpaired) electrons. The van der Waals surface area contributed by atoms with Crippen molar-refractivity contribution in [3.63, 3.8) is 0 Å². The molecule has 1 aromatic rings. The second kappa shape index (κ2) is 4.74. The van der Waals surface area contributed by atoms with E-state index in [9.17, 15) is 4.79 Å². The van der Waals surface area contributed by atoms with Crippen molar-refractivity contribution in [2.24, 2.45) is 0 Å². The number of nitrogens with one attached hydrogen (secondary N) is 2. The van der Waals surface area contributed by atoms with Gasteiger partial charge in [0.1, 0.15) is 0 Å². The quantitative estimate of drug-likeness (QED) is 0.830. The highest BCUT2D eigenvalue weighted by molar-refractivity contribution is 6.34. The third kappa shape index (κ3) is 2.30. The lowest BCUT2D eigenvalue weighted by atomic mass is 10.1. The lowest BCUT2D eigenvalue weighted by molar-refractivity contribution is -0.116. The van der Waals surface area contributed by atoms with Crippen molar-refractivity contribution >= 4 is 28.9 Å². The van der Waals surface area contributed by atoms with Gasteiger partial charge in [0, 0.05) is 12.5 Å². The highest BCUT2D eigenvalue weighted by Gasteiger charge is 2.21. The second-order valence-electron chi connectivity index (χ2n) is 4.04. The number of halogens is 1. The van der Waals surface area contributed by atoms with Crippen LogP contribution in [0, 0.1) is 0 Å². The van der Waals surface area contributed by atoms with Crippen LogP contribution in [0.15, 0.2) is 18.2 Å². The number of carbonyl (C=O) groups is 1. The number of carbonyl (C=O) groups excluding carboxylic acids is 1. The maximum atomic E-state index is 11.6. The van der Waals surface area contributed by atoms with E-state index in [4.69, 9.17) is 11.6 Å². The molecule has 1 heterocycles. The number of fused-ring (bicyclic) bond motifs is 1. The lowest BCUT2D eigenvalue weighted by Crippen LogP contribution is -2.22. The van der Waals surface area contributed by atoms with E-state index in [1.165, 1.54) is 0 Å². The van der Waals surface area contributed by atoms with Crippen molar-refractivity contribution < 1.29 is 4.79 Å². The molecule has 0 fully saturated rings. The van der Waals surface area contributed by atoms with Crippen LogP contribution in [0.2, 0.25) is 5.02 Å². The fourth-order valence-electron chi connectivity index (χ4n) is 1.98. The Labute approximate surface area is 100 Å². The van der Waals surface area contributed by atoms with E-state index in [2.05, 4.69) is 17.6 Å². The molecule has 2 N–H and O–H groups in total. The Morgan fingerprint density at radius 1 is 1.50 bits per heavy atom. The van der Waals surface area contributed by atoms with Crippen molar-refractivity contribution in [3.05, 3.63) is 23.2 Å². The minimum atomic E-state index is 0.0481. The summed E-state index contributed by atoms with van der Waals surface area (Å²) in [5.41, 5.74) is 1.62. The Hall–Kier alpha value is -1.22. The molecule has 1 aliphatic rings.